The van der Waals surface area contributed by atoms with Crippen LogP contribution < -0.4 is 4.74 Å². The predicted octanol–water partition coefficient (Wildman–Crippen LogP) is 5.55. The van der Waals surface area contributed by atoms with Crippen LogP contribution in [0.5, 0.6) is 5.75 Å². The number of allylic oxidation sites excluding steroid dienone is 1. The van der Waals surface area contributed by atoms with Crippen LogP contribution in [-0.4, -0.2) is 30.2 Å². The first kappa shape index (κ1) is 22.0. The second-order valence-corrected chi connectivity index (χ2v) is 8.90. The van der Waals surface area contributed by atoms with Crippen LogP contribution in [0.2, 0.25) is 0 Å². The molecule has 0 saturated heterocycles. The number of tetrazole rings is 1. The van der Waals surface area contributed by atoms with Gasteiger partial charge in [0.2, 0.25) is 5.82 Å². The van der Waals surface area contributed by atoms with Crippen molar-refractivity contribution in [3.8, 4) is 17.0 Å². The minimum absolute atomic E-state index is 0.489. The molecule has 2 aromatic heterocycles. The highest BCUT2D eigenvalue weighted by atomic mass is 16.5. The van der Waals surface area contributed by atoms with E-state index in [9.17, 15) is 0 Å². The van der Waals surface area contributed by atoms with E-state index in [2.05, 4.69) is 74.7 Å². The fraction of sp³-hybridized carbons (Fsp3) is 0.172. The van der Waals surface area contributed by atoms with Crippen molar-refractivity contribution in [3.63, 3.8) is 0 Å². The number of fused-ring (bicyclic) bond motifs is 2. The van der Waals surface area contributed by atoms with Gasteiger partial charge in [0.1, 0.15) is 18.2 Å². The fourth-order valence-corrected chi connectivity index (χ4v) is 4.86. The van der Waals surface area contributed by atoms with Crippen molar-refractivity contribution in [3.05, 3.63) is 113 Å². The lowest BCUT2D eigenvalue weighted by Gasteiger charge is -2.14. The molecule has 0 amide bonds. The third kappa shape index (κ3) is 3.98. The molecule has 0 aliphatic carbocycles. The van der Waals surface area contributed by atoms with Gasteiger partial charge < -0.3 is 9.30 Å². The zero-order chi connectivity index (χ0) is 24.5. The molecule has 7 heteroatoms. The van der Waals surface area contributed by atoms with Crippen molar-refractivity contribution < 1.29 is 4.74 Å². The quantitative estimate of drug-likeness (QED) is 0.361. The minimum atomic E-state index is 0.489. The number of para-hydroxylation sites is 1. The molecule has 6 rings (SSSR count). The average molecular weight is 475 g/mol. The lowest BCUT2D eigenvalue weighted by Crippen LogP contribution is -2.05. The number of nitrogens with zero attached hydrogens (tertiary/aromatic N) is 5. The molecular formula is C29H26N6O. The summed E-state index contributed by atoms with van der Waals surface area (Å²) >= 11 is 0. The zero-order valence-electron chi connectivity index (χ0n) is 20.3. The van der Waals surface area contributed by atoms with E-state index in [1.54, 1.807) is 0 Å². The number of ether oxygens (including phenoxy) is 1. The third-order valence-electron chi connectivity index (χ3n) is 6.63. The predicted molar refractivity (Wildman–Crippen MR) is 139 cm³/mol. The van der Waals surface area contributed by atoms with Crippen LogP contribution in [0.3, 0.4) is 0 Å². The molecule has 3 heterocycles. The Morgan fingerprint density at radius 3 is 2.64 bits per heavy atom. The summed E-state index contributed by atoms with van der Waals surface area (Å²) in [6, 6.07) is 25.1. The zero-order valence-corrected chi connectivity index (χ0v) is 20.3. The fourth-order valence-electron chi connectivity index (χ4n) is 4.86. The van der Waals surface area contributed by atoms with Crippen LogP contribution in [0.1, 0.15) is 47.8 Å². The summed E-state index contributed by atoms with van der Waals surface area (Å²) in [6.45, 7) is 5.41. The van der Waals surface area contributed by atoms with Gasteiger partial charge in [-0.25, -0.2) is 4.98 Å². The number of benzene rings is 3. The maximum Gasteiger partial charge on any atom is 0.201 e. The van der Waals surface area contributed by atoms with Crippen LogP contribution in [0.25, 0.3) is 22.4 Å². The number of hydrogen-bond acceptors (Lipinski definition) is 5. The summed E-state index contributed by atoms with van der Waals surface area (Å²) < 4.78 is 8.51. The van der Waals surface area contributed by atoms with E-state index in [1.165, 1.54) is 5.56 Å². The highest BCUT2D eigenvalue weighted by Gasteiger charge is 2.23. The van der Waals surface area contributed by atoms with Gasteiger partial charge in [0.25, 0.3) is 0 Å². The number of imidazole rings is 1. The Bertz CT molecular complexity index is 1550. The second-order valence-electron chi connectivity index (χ2n) is 8.90. The molecule has 3 aromatic carbocycles. The molecule has 1 aliphatic rings. The summed E-state index contributed by atoms with van der Waals surface area (Å²) in [5.41, 5.74) is 8.63. The van der Waals surface area contributed by atoms with Crippen molar-refractivity contribution in [2.45, 2.75) is 33.4 Å². The SMILES string of the molecule is CCc1nc(-c2ccccc2)cn1Cc1ccc2c(c1)COc1ccccc1/C2=C(/C)c1nn[nH]n1. The maximum atomic E-state index is 6.27. The Kier molecular flexibility index (Phi) is 5.65. The Labute approximate surface area is 209 Å². The average Bonchev–Trinajstić information content (AvgIpc) is 3.57. The van der Waals surface area contributed by atoms with Crippen LogP contribution >= 0.6 is 0 Å². The van der Waals surface area contributed by atoms with Crippen LogP contribution in [0, 0.1) is 0 Å². The van der Waals surface area contributed by atoms with Gasteiger partial charge >= 0.3 is 0 Å². The minimum Gasteiger partial charge on any atom is -0.488 e. The third-order valence-corrected chi connectivity index (χ3v) is 6.63. The van der Waals surface area contributed by atoms with Crippen molar-refractivity contribution in [1.82, 2.24) is 30.2 Å². The molecule has 0 bridgehead atoms. The first-order chi connectivity index (χ1) is 17.7. The molecule has 1 aliphatic heterocycles. The molecule has 0 spiro atoms. The van der Waals surface area contributed by atoms with Crippen molar-refractivity contribution in [1.29, 1.82) is 0 Å². The van der Waals surface area contributed by atoms with E-state index < -0.39 is 0 Å². The summed E-state index contributed by atoms with van der Waals surface area (Å²) in [7, 11) is 0. The molecule has 7 nitrogen and oxygen atoms in total. The van der Waals surface area contributed by atoms with E-state index in [-0.39, 0.29) is 0 Å². The van der Waals surface area contributed by atoms with Crippen LogP contribution in [0.4, 0.5) is 0 Å². The Hall–Kier alpha value is -4.52. The largest absolute Gasteiger partial charge is 0.488 e. The van der Waals surface area contributed by atoms with Crippen LogP contribution in [0.15, 0.2) is 79.0 Å². The summed E-state index contributed by atoms with van der Waals surface area (Å²) in [5.74, 6) is 2.50. The topological polar surface area (TPSA) is 81.5 Å². The van der Waals surface area contributed by atoms with E-state index in [4.69, 9.17) is 9.72 Å². The molecule has 0 radical (unpaired) electrons. The lowest BCUT2D eigenvalue weighted by molar-refractivity contribution is 0.307. The smallest absolute Gasteiger partial charge is 0.201 e. The van der Waals surface area contributed by atoms with Gasteiger partial charge in [-0.2, -0.15) is 5.21 Å². The molecule has 36 heavy (non-hydrogen) atoms. The van der Waals surface area contributed by atoms with Gasteiger partial charge in [-0.05, 0) is 46.5 Å². The van der Waals surface area contributed by atoms with E-state index >= 15 is 0 Å². The maximum absolute atomic E-state index is 6.27. The number of rotatable bonds is 5. The monoisotopic (exact) mass is 474 g/mol. The lowest BCUT2D eigenvalue weighted by atomic mass is 9.89. The number of aromatic nitrogens is 6. The number of hydrogen-bond donors (Lipinski definition) is 1. The van der Waals surface area contributed by atoms with Gasteiger partial charge in [-0.1, -0.05) is 67.6 Å². The van der Waals surface area contributed by atoms with Gasteiger partial charge in [0.15, 0.2) is 0 Å². The first-order valence-corrected chi connectivity index (χ1v) is 12.1. The normalized spacial score (nSPS) is 13.9. The summed E-state index contributed by atoms with van der Waals surface area (Å²) in [6.07, 6.45) is 3.02. The molecule has 0 unspecified atom stereocenters. The highest BCUT2D eigenvalue weighted by Crippen LogP contribution is 2.40. The van der Waals surface area contributed by atoms with Gasteiger partial charge in [-0.15, -0.1) is 10.2 Å². The Balaban J connectivity index is 1.41. The molecular weight excluding hydrogens is 448 g/mol. The van der Waals surface area contributed by atoms with Crippen molar-refractivity contribution in [2.24, 2.45) is 0 Å². The second kappa shape index (κ2) is 9.26. The number of aromatic amines is 1. The van der Waals surface area contributed by atoms with Crippen molar-refractivity contribution >= 4 is 11.1 Å². The summed E-state index contributed by atoms with van der Waals surface area (Å²) in [5, 5.41) is 14.8. The van der Waals surface area contributed by atoms with Gasteiger partial charge in [0, 0.05) is 35.9 Å². The molecule has 1 N–H and O–H groups in total. The Morgan fingerprint density at radius 2 is 1.83 bits per heavy atom. The number of nitrogens with one attached hydrogen (secondary N) is 1. The molecule has 0 saturated carbocycles. The standard InChI is InChI=1S/C29H26N6O/c1-3-27-30-25(21-9-5-4-6-10-21)17-35(27)16-20-13-14-23-22(15-20)18-36-26-12-8-7-11-24(26)28(23)19(2)29-31-33-34-32-29/h4-15,17H,3,16,18H2,1-2H3,(H,31,32,33,34)/b28-19-. The van der Waals surface area contributed by atoms with E-state index in [0.29, 0.717) is 12.4 Å². The van der Waals surface area contributed by atoms with Gasteiger partial charge in [-0.3, -0.25) is 0 Å². The number of H-pyrrole nitrogens is 1. The molecule has 178 valence electrons. The van der Waals surface area contributed by atoms with Gasteiger partial charge in [0.05, 0.1) is 5.69 Å². The molecule has 0 fully saturated rings. The molecule has 0 atom stereocenters. The number of aryl methyl sites for hydroxylation is 1. The highest BCUT2D eigenvalue weighted by molar-refractivity contribution is 5.99. The first-order valence-electron chi connectivity index (χ1n) is 12.1. The Morgan fingerprint density at radius 1 is 1.00 bits per heavy atom. The van der Waals surface area contributed by atoms with Crippen molar-refractivity contribution in [2.75, 3.05) is 0 Å². The summed E-state index contributed by atoms with van der Waals surface area (Å²) in [4.78, 5) is 4.90. The van der Waals surface area contributed by atoms with Crippen LogP contribution in [-0.2, 0) is 19.6 Å². The molecule has 5 aromatic rings. The van der Waals surface area contributed by atoms with E-state index in [0.717, 1.165) is 63.6 Å². The van der Waals surface area contributed by atoms with E-state index in [1.807, 2.05) is 43.3 Å².